The number of nitrogens with one attached hydrogen (secondary N) is 1. The summed E-state index contributed by atoms with van der Waals surface area (Å²) in [5, 5.41) is 23.0. The van der Waals surface area contributed by atoms with E-state index in [1.807, 2.05) is 6.08 Å². The molecule has 0 aliphatic carbocycles. The first-order valence-electron chi connectivity index (χ1n) is 23.9. The van der Waals surface area contributed by atoms with Gasteiger partial charge in [0.15, 0.2) is 0 Å². The van der Waals surface area contributed by atoms with Gasteiger partial charge in [-0.25, -0.2) is 0 Å². The summed E-state index contributed by atoms with van der Waals surface area (Å²) in [4.78, 5) is 12.4. The summed E-state index contributed by atoms with van der Waals surface area (Å²) in [7, 11) is 0. The first kappa shape index (κ1) is 55.5. The van der Waals surface area contributed by atoms with Crippen LogP contribution in [0.2, 0.25) is 0 Å². The summed E-state index contributed by atoms with van der Waals surface area (Å²) in [5.41, 5.74) is 0. The molecule has 0 saturated heterocycles. The summed E-state index contributed by atoms with van der Waals surface area (Å²) in [5.74, 6) is -0.138. The van der Waals surface area contributed by atoms with Gasteiger partial charge < -0.3 is 15.5 Å². The molecular weight excluding hydrogens is 723 g/mol. The van der Waals surface area contributed by atoms with Crippen LogP contribution in [0, 0.1) is 0 Å². The lowest BCUT2D eigenvalue weighted by Crippen LogP contribution is -2.45. The Morgan fingerprint density at radius 3 is 1.19 bits per heavy atom. The maximum atomic E-state index is 12.4. The first-order valence-corrected chi connectivity index (χ1v) is 23.9. The zero-order valence-electron chi connectivity index (χ0n) is 38.0. The number of hydrogen-bond acceptors (Lipinski definition) is 3. The van der Waals surface area contributed by atoms with Crippen molar-refractivity contribution in [2.75, 3.05) is 6.61 Å². The van der Waals surface area contributed by atoms with Gasteiger partial charge in [0.25, 0.3) is 0 Å². The van der Waals surface area contributed by atoms with Crippen molar-refractivity contribution in [2.45, 2.75) is 199 Å². The molecule has 0 bridgehead atoms. The Bertz CT molecular complexity index is 1240. The number of hydrogen-bond donors (Lipinski definition) is 3. The number of allylic oxidation sites excluding steroid dienone is 21. The van der Waals surface area contributed by atoms with Gasteiger partial charge in [0, 0.05) is 6.42 Å². The number of carbonyl (C=O) groups is 1. The summed E-state index contributed by atoms with van der Waals surface area (Å²) < 4.78 is 0. The number of unbranched alkanes of at least 4 members (excludes halogenated alkanes) is 14. The van der Waals surface area contributed by atoms with Crippen molar-refractivity contribution in [3.05, 3.63) is 134 Å². The van der Waals surface area contributed by atoms with Crippen molar-refractivity contribution >= 4 is 5.91 Å². The van der Waals surface area contributed by atoms with Crippen molar-refractivity contribution in [3.63, 3.8) is 0 Å². The fourth-order valence-electron chi connectivity index (χ4n) is 6.25. The Hall–Kier alpha value is -3.47. The number of rotatable bonds is 41. The van der Waals surface area contributed by atoms with E-state index < -0.39 is 12.1 Å². The highest BCUT2D eigenvalue weighted by Crippen LogP contribution is 2.13. The van der Waals surface area contributed by atoms with Crippen LogP contribution in [0.1, 0.15) is 187 Å². The van der Waals surface area contributed by atoms with E-state index in [1.165, 1.54) is 77.0 Å². The molecule has 0 aliphatic rings. The van der Waals surface area contributed by atoms with Gasteiger partial charge in [-0.2, -0.15) is 0 Å². The van der Waals surface area contributed by atoms with E-state index in [0.29, 0.717) is 6.42 Å². The molecule has 2 atom stereocenters. The number of aliphatic hydroxyl groups excluding tert-OH is 2. The first-order chi connectivity index (χ1) is 29.2. The van der Waals surface area contributed by atoms with Crippen molar-refractivity contribution < 1.29 is 15.0 Å². The highest BCUT2D eigenvalue weighted by molar-refractivity contribution is 5.76. The molecule has 1 amide bonds. The van der Waals surface area contributed by atoms with Crippen molar-refractivity contribution in [3.8, 4) is 0 Å². The number of aliphatic hydroxyl groups is 2. The minimum atomic E-state index is -0.896. The average Bonchev–Trinajstić information content (AvgIpc) is 3.24. The molecule has 0 radical (unpaired) electrons. The van der Waals surface area contributed by atoms with Crippen LogP contribution in [0.4, 0.5) is 0 Å². The molecule has 59 heavy (non-hydrogen) atoms. The predicted octanol–water partition coefficient (Wildman–Crippen LogP) is 15.5. The van der Waals surface area contributed by atoms with Crippen LogP contribution in [-0.4, -0.2) is 34.9 Å². The summed E-state index contributed by atoms with van der Waals surface area (Å²) >= 11 is 0. The average molecular weight is 812 g/mol. The molecule has 0 aliphatic heterocycles. The molecular formula is C55H89NO3. The molecule has 0 aromatic carbocycles. The lowest BCUT2D eigenvalue weighted by Gasteiger charge is -2.19. The molecule has 0 fully saturated rings. The van der Waals surface area contributed by atoms with E-state index >= 15 is 0 Å². The van der Waals surface area contributed by atoms with E-state index in [4.69, 9.17) is 0 Å². The Labute approximate surface area is 364 Å². The molecule has 3 N–H and O–H groups in total. The fourth-order valence-corrected chi connectivity index (χ4v) is 6.25. The van der Waals surface area contributed by atoms with Crippen LogP contribution >= 0.6 is 0 Å². The molecule has 4 nitrogen and oxygen atoms in total. The van der Waals surface area contributed by atoms with Gasteiger partial charge in [0.1, 0.15) is 0 Å². The highest BCUT2D eigenvalue weighted by Gasteiger charge is 2.17. The lowest BCUT2D eigenvalue weighted by molar-refractivity contribution is -0.122. The van der Waals surface area contributed by atoms with Crippen molar-refractivity contribution in [2.24, 2.45) is 0 Å². The second-order valence-corrected chi connectivity index (χ2v) is 15.4. The molecule has 0 aromatic heterocycles. The summed E-state index contributed by atoms with van der Waals surface area (Å²) in [6.45, 7) is 4.15. The van der Waals surface area contributed by atoms with Crippen LogP contribution in [0.5, 0.6) is 0 Å². The van der Waals surface area contributed by atoms with Gasteiger partial charge in [-0.3, -0.25) is 4.79 Å². The standard InChI is InChI=1S/C55H89NO3/c1-3-5-7-9-11-13-15-17-19-21-23-24-25-26-27-28-29-30-31-32-33-35-37-39-41-43-45-47-49-51-55(59)56-53(52-57)54(58)50-48-46-44-42-40-38-36-34-22-20-18-16-14-12-10-8-6-4-2/h5,7,11,13,17,19,23-24,26-27,29-30,32-33,37,39-40,42-43,45,48,50,53-54,57-58H,3-4,6,8-10,12,14-16,18,20-22,25,28,31,34-36,38,41,44,46-47,49,51-52H2,1-2H3,(H,56,59)/b7-5-,13-11-,19-17-,24-23-,27-26-,30-29-,33-32-,39-37-,42-40+,45-43-,50-48+. The quantitative estimate of drug-likeness (QED) is 0.0425. The van der Waals surface area contributed by atoms with Crippen molar-refractivity contribution in [1.82, 2.24) is 5.32 Å². The van der Waals surface area contributed by atoms with Crippen LogP contribution in [-0.2, 0) is 4.79 Å². The Morgan fingerprint density at radius 1 is 0.424 bits per heavy atom. The minimum absolute atomic E-state index is 0.138. The molecule has 0 rings (SSSR count). The molecule has 0 heterocycles. The minimum Gasteiger partial charge on any atom is -0.394 e. The van der Waals surface area contributed by atoms with E-state index in [1.54, 1.807) is 6.08 Å². The summed E-state index contributed by atoms with van der Waals surface area (Å²) in [6, 6.07) is -0.680. The topological polar surface area (TPSA) is 69.6 Å². The zero-order valence-corrected chi connectivity index (χ0v) is 38.0. The Morgan fingerprint density at radius 2 is 0.763 bits per heavy atom. The number of amides is 1. The largest absolute Gasteiger partial charge is 0.394 e. The van der Waals surface area contributed by atoms with Gasteiger partial charge in [-0.15, -0.1) is 0 Å². The molecule has 0 spiro atoms. The molecule has 0 saturated carbocycles. The maximum absolute atomic E-state index is 12.4. The van der Waals surface area contributed by atoms with Gasteiger partial charge in [0.05, 0.1) is 18.8 Å². The highest BCUT2D eigenvalue weighted by atomic mass is 16.3. The molecule has 4 heteroatoms. The number of carbonyl (C=O) groups excluding carboxylic acids is 1. The van der Waals surface area contributed by atoms with E-state index in [0.717, 1.165) is 89.9 Å². The SMILES string of the molecule is CC/C=C\C/C=C\C/C=C\C/C=C\C/C=C\C/C=C\C/C=C\C/C=C\C/C=C\CCCC(=O)NC(CO)C(O)/C=C/CC/C=C/CCCCCCCCCCCCCC. The van der Waals surface area contributed by atoms with Crippen LogP contribution < -0.4 is 5.32 Å². The van der Waals surface area contributed by atoms with E-state index in [2.05, 4.69) is 141 Å². The van der Waals surface area contributed by atoms with Gasteiger partial charge >= 0.3 is 0 Å². The third-order valence-corrected chi connectivity index (χ3v) is 9.87. The Kier molecular flexibility index (Phi) is 46.0. The lowest BCUT2D eigenvalue weighted by atomic mass is 10.0. The molecule has 0 aromatic rings. The van der Waals surface area contributed by atoms with Crippen LogP contribution in [0.3, 0.4) is 0 Å². The third-order valence-electron chi connectivity index (χ3n) is 9.87. The predicted molar refractivity (Wildman–Crippen MR) is 262 cm³/mol. The molecule has 2 unspecified atom stereocenters. The van der Waals surface area contributed by atoms with Gasteiger partial charge in [-0.1, -0.05) is 218 Å². The third kappa shape index (κ3) is 45.5. The van der Waals surface area contributed by atoms with Crippen LogP contribution in [0.15, 0.2) is 134 Å². The molecule has 332 valence electrons. The van der Waals surface area contributed by atoms with Crippen molar-refractivity contribution in [1.29, 1.82) is 0 Å². The second-order valence-electron chi connectivity index (χ2n) is 15.4. The Balaban J connectivity index is 3.80. The normalized spacial score (nSPS) is 14.2. The fraction of sp³-hybridized carbons (Fsp3) is 0.582. The zero-order chi connectivity index (χ0) is 42.8. The van der Waals surface area contributed by atoms with Crippen LogP contribution in [0.25, 0.3) is 0 Å². The smallest absolute Gasteiger partial charge is 0.220 e. The van der Waals surface area contributed by atoms with E-state index in [9.17, 15) is 15.0 Å². The van der Waals surface area contributed by atoms with Gasteiger partial charge in [0.2, 0.25) is 5.91 Å². The second kappa shape index (κ2) is 48.9. The summed E-state index contributed by atoms with van der Waals surface area (Å²) in [6.07, 6.45) is 77.1. The van der Waals surface area contributed by atoms with E-state index in [-0.39, 0.29) is 12.5 Å². The van der Waals surface area contributed by atoms with Gasteiger partial charge in [-0.05, 0) is 96.3 Å². The monoisotopic (exact) mass is 812 g/mol. The maximum Gasteiger partial charge on any atom is 0.220 e.